The summed E-state index contributed by atoms with van der Waals surface area (Å²) in [6.07, 6.45) is 1.70. The molecule has 0 spiro atoms. The second-order valence-corrected chi connectivity index (χ2v) is 5.81. The molecule has 2 N–H and O–H groups in total. The molecule has 0 saturated carbocycles. The highest BCUT2D eigenvalue weighted by Gasteiger charge is 2.12. The summed E-state index contributed by atoms with van der Waals surface area (Å²) in [5.41, 5.74) is 9.04. The number of aryl methyl sites for hydroxylation is 2. The van der Waals surface area contributed by atoms with Gasteiger partial charge in [-0.15, -0.1) is 0 Å². The number of benzene rings is 2. The Morgan fingerprint density at radius 1 is 0.958 bits per heavy atom. The van der Waals surface area contributed by atoms with Crippen LogP contribution in [-0.4, -0.2) is 11.8 Å². The van der Waals surface area contributed by atoms with Gasteiger partial charge in [0.15, 0.2) is 0 Å². The highest BCUT2D eigenvalue weighted by Crippen LogP contribution is 2.22. The van der Waals surface area contributed by atoms with Crippen LogP contribution in [0.3, 0.4) is 0 Å². The highest BCUT2D eigenvalue weighted by atomic mass is 16.3. The molecule has 24 heavy (non-hydrogen) atoms. The van der Waals surface area contributed by atoms with Crippen LogP contribution in [0.25, 0.3) is 11.0 Å². The Bertz CT molecular complexity index is 895. The zero-order valence-corrected chi connectivity index (χ0v) is 13.6. The van der Waals surface area contributed by atoms with E-state index in [2.05, 4.69) is 10.9 Å². The molecular weight excluding hydrogens is 304 g/mol. The molecule has 0 saturated heterocycles. The molecule has 122 valence electrons. The number of hydrogen-bond donors (Lipinski definition) is 2. The Kier molecular flexibility index (Phi) is 4.33. The lowest BCUT2D eigenvalue weighted by atomic mass is 10.1. The highest BCUT2D eigenvalue weighted by molar-refractivity contribution is 5.96. The summed E-state index contributed by atoms with van der Waals surface area (Å²) in [6, 6.07) is 12.9. The summed E-state index contributed by atoms with van der Waals surface area (Å²) >= 11 is 0. The minimum Gasteiger partial charge on any atom is -0.464 e. The summed E-state index contributed by atoms with van der Waals surface area (Å²) < 4.78 is 5.47. The van der Waals surface area contributed by atoms with E-state index < -0.39 is 0 Å². The number of furan rings is 1. The van der Waals surface area contributed by atoms with Gasteiger partial charge in [0.05, 0.1) is 12.7 Å². The second-order valence-electron chi connectivity index (χ2n) is 5.81. The van der Waals surface area contributed by atoms with E-state index >= 15 is 0 Å². The summed E-state index contributed by atoms with van der Waals surface area (Å²) in [4.78, 5) is 24.0. The molecule has 0 atom stereocenters. The van der Waals surface area contributed by atoms with Crippen molar-refractivity contribution in [3.8, 4) is 0 Å². The van der Waals surface area contributed by atoms with E-state index in [1.165, 1.54) is 0 Å². The first kappa shape index (κ1) is 15.8. The van der Waals surface area contributed by atoms with Crippen LogP contribution in [0.1, 0.15) is 27.0 Å². The summed E-state index contributed by atoms with van der Waals surface area (Å²) in [5, 5.41) is 0.903. The van der Waals surface area contributed by atoms with Crippen molar-refractivity contribution in [3.63, 3.8) is 0 Å². The van der Waals surface area contributed by atoms with Crippen molar-refractivity contribution >= 4 is 22.8 Å². The SMILES string of the molecule is Cc1ccc(C(=O)NNC(=O)Cc2coc3cc(C)ccc23)cc1. The van der Waals surface area contributed by atoms with E-state index in [0.29, 0.717) is 5.56 Å². The van der Waals surface area contributed by atoms with E-state index in [0.717, 1.165) is 27.7 Å². The predicted molar refractivity (Wildman–Crippen MR) is 91.4 cm³/mol. The number of hydrogen-bond acceptors (Lipinski definition) is 3. The van der Waals surface area contributed by atoms with E-state index in [-0.39, 0.29) is 18.2 Å². The lowest BCUT2D eigenvalue weighted by Crippen LogP contribution is -2.42. The molecule has 3 rings (SSSR count). The molecule has 0 bridgehead atoms. The Hall–Kier alpha value is -3.08. The molecule has 2 amide bonds. The lowest BCUT2D eigenvalue weighted by molar-refractivity contribution is -0.121. The fourth-order valence-corrected chi connectivity index (χ4v) is 2.45. The normalized spacial score (nSPS) is 10.6. The number of hydrazine groups is 1. The van der Waals surface area contributed by atoms with Crippen LogP contribution < -0.4 is 10.9 Å². The van der Waals surface area contributed by atoms with Gasteiger partial charge >= 0.3 is 0 Å². The molecule has 0 fully saturated rings. The zero-order chi connectivity index (χ0) is 17.1. The van der Waals surface area contributed by atoms with Gasteiger partial charge in [0, 0.05) is 16.5 Å². The largest absolute Gasteiger partial charge is 0.464 e. The Morgan fingerprint density at radius 3 is 2.42 bits per heavy atom. The third-order valence-electron chi connectivity index (χ3n) is 3.79. The molecular formula is C19H18N2O3. The monoisotopic (exact) mass is 322 g/mol. The molecule has 0 aliphatic carbocycles. The molecule has 5 nitrogen and oxygen atoms in total. The maximum Gasteiger partial charge on any atom is 0.269 e. The van der Waals surface area contributed by atoms with Gasteiger partial charge in [-0.2, -0.15) is 0 Å². The maximum atomic E-state index is 12.0. The van der Waals surface area contributed by atoms with Crippen molar-refractivity contribution in [1.29, 1.82) is 0 Å². The molecule has 5 heteroatoms. The second kappa shape index (κ2) is 6.58. The summed E-state index contributed by atoms with van der Waals surface area (Å²) in [7, 11) is 0. The molecule has 3 aromatic rings. The number of amides is 2. The van der Waals surface area contributed by atoms with Crippen LogP contribution in [0.15, 0.2) is 53.1 Å². The fourth-order valence-electron chi connectivity index (χ4n) is 2.45. The number of rotatable bonds is 3. The van der Waals surface area contributed by atoms with Crippen LogP contribution in [-0.2, 0) is 11.2 Å². The van der Waals surface area contributed by atoms with Crippen LogP contribution in [0, 0.1) is 13.8 Å². The van der Waals surface area contributed by atoms with Gasteiger partial charge in [-0.1, -0.05) is 29.8 Å². The van der Waals surface area contributed by atoms with Gasteiger partial charge in [0.25, 0.3) is 5.91 Å². The summed E-state index contributed by atoms with van der Waals surface area (Å²) in [5.74, 6) is -0.658. The molecule has 2 aromatic carbocycles. The maximum absolute atomic E-state index is 12.0. The fraction of sp³-hybridized carbons (Fsp3) is 0.158. The molecule has 0 unspecified atom stereocenters. The summed E-state index contributed by atoms with van der Waals surface area (Å²) in [6.45, 7) is 3.93. The molecule has 0 aliphatic rings. The Labute approximate surface area is 139 Å². The van der Waals surface area contributed by atoms with Crippen molar-refractivity contribution in [1.82, 2.24) is 10.9 Å². The van der Waals surface area contributed by atoms with Crippen molar-refractivity contribution in [2.45, 2.75) is 20.3 Å². The van der Waals surface area contributed by atoms with E-state index in [1.807, 2.05) is 44.2 Å². The molecule has 1 heterocycles. The van der Waals surface area contributed by atoms with Crippen LogP contribution in [0.5, 0.6) is 0 Å². The Morgan fingerprint density at radius 2 is 1.67 bits per heavy atom. The number of nitrogens with one attached hydrogen (secondary N) is 2. The van der Waals surface area contributed by atoms with E-state index in [4.69, 9.17) is 4.42 Å². The number of carbonyl (C=O) groups is 2. The molecule has 0 aliphatic heterocycles. The zero-order valence-electron chi connectivity index (χ0n) is 13.6. The molecule has 1 aromatic heterocycles. The lowest BCUT2D eigenvalue weighted by Gasteiger charge is -2.07. The van der Waals surface area contributed by atoms with Gasteiger partial charge in [-0.3, -0.25) is 20.4 Å². The van der Waals surface area contributed by atoms with Crippen LogP contribution >= 0.6 is 0 Å². The first-order valence-corrected chi connectivity index (χ1v) is 7.65. The first-order chi connectivity index (χ1) is 11.5. The predicted octanol–water partition coefficient (Wildman–Crippen LogP) is 3.05. The van der Waals surface area contributed by atoms with Gasteiger partial charge < -0.3 is 4.42 Å². The number of fused-ring (bicyclic) bond motifs is 1. The third-order valence-corrected chi connectivity index (χ3v) is 3.79. The third kappa shape index (κ3) is 3.46. The quantitative estimate of drug-likeness (QED) is 0.728. The average Bonchev–Trinajstić information content (AvgIpc) is 2.95. The minimum absolute atomic E-state index is 0.129. The minimum atomic E-state index is -0.351. The topological polar surface area (TPSA) is 71.3 Å². The molecule has 0 radical (unpaired) electrons. The first-order valence-electron chi connectivity index (χ1n) is 7.65. The van der Waals surface area contributed by atoms with Crippen molar-refractivity contribution in [3.05, 3.63) is 71.0 Å². The Balaban J connectivity index is 1.61. The average molecular weight is 322 g/mol. The van der Waals surface area contributed by atoms with Crippen LogP contribution in [0.4, 0.5) is 0 Å². The van der Waals surface area contributed by atoms with Crippen molar-refractivity contribution < 1.29 is 14.0 Å². The smallest absolute Gasteiger partial charge is 0.269 e. The van der Waals surface area contributed by atoms with E-state index in [1.54, 1.807) is 18.4 Å². The van der Waals surface area contributed by atoms with Crippen molar-refractivity contribution in [2.24, 2.45) is 0 Å². The van der Waals surface area contributed by atoms with E-state index in [9.17, 15) is 9.59 Å². The van der Waals surface area contributed by atoms with Crippen molar-refractivity contribution in [2.75, 3.05) is 0 Å². The standard InChI is InChI=1S/C19H18N2O3/c1-12-3-6-14(7-4-12)19(23)21-20-18(22)10-15-11-24-17-9-13(2)5-8-16(15)17/h3-9,11H,10H2,1-2H3,(H,20,22)(H,21,23). The van der Waals surface area contributed by atoms with Gasteiger partial charge in [0.1, 0.15) is 5.58 Å². The van der Waals surface area contributed by atoms with Gasteiger partial charge in [-0.25, -0.2) is 0 Å². The van der Waals surface area contributed by atoms with Gasteiger partial charge in [0.2, 0.25) is 5.91 Å². The van der Waals surface area contributed by atoms with Crippen LogP contribution in [0.2, 0.25) is 0 Å². The number of carbonyl (C=O) groups excluding carboxylic acids is 2. The van der Waals surface area contributed by atoms with Gasteiger partial charge in [-0.05, 0) is 37.6 Å².